The quantitative estimate of drug-likeness (QED) is 0.355. The highest BCUT2D eigenvalue weighted by molar-refractivity contribution is 9.10. The zero-order valence-corrected chi connectivity index (χ0v) is 20.0. The van der Waals surface area contributed by atoms with Gasteiger partial charge in [-0.15, -0.1) is 0 Å². The van der Waals surface area contributed by atoms with Gasteiger partial charge in [0.1, 0.15) is 5.52 Å². The van der Waals surface area contributed by atoms with Gasteiger partial charge >= 0.3 is 0 Å². The number of para-hydroxylation sites is 1. The topological polar surface area (TPSA) is 68.9 Å². The number of halogens is 1. The number of fused-ring (bicyclic) bond motifs is 3. The van der Waals surface area contributed by atoms with Crippen molar-refractivity contribution >= 4 is 49.3 Å². The molecule has 0 radical (unpaired) electrons. The fraction of sp³-hybridized carbons (Fsp3) is 0.115. The minimum atomic E-state index is -0.373. The molecule has 0 bridgehead atoms. The molecule has 5 rings (SSSR count). The van der Waals surface area contributed by atoms with Crippen molar-refractivity contribution in [3.05, 3.63) is 98.4 Å². The van der Waals surface area contributed by atoms with E-state index in [1.165, 1.54) is 4.68 Å². The van der Waals surface area contributed by atoms with Crippen LogP contribution in [0.2, 0.25) is 0 Å². The molecular weight excluding hydrogens is 480 g/mol. The molecule has 0 atom stereocenters. The number of rotatable bonds is 3. The SMILES string of the molecule is Cc1ccc(-n2nc(C(=O)Nc3ccc(Br)cc3C)c3c4ccccc4n(C)c3c2=O)cc1. The summed E-state index contributed by atoms with van der Waals surface area (Å²) in [7, 11) is 1.84. The van der Waals surface area contributed by atoms with E-state index in [9.17, 15) is 9.59 Å². The molecular formula is C26H21BrN4O2. The van der Waals surface area contributed by atoms with Gasteiger partial charge in [-0.1, -0.05) is 51.8 Å². The van der Waals surface area contributed by atoms with Crippen molar-refractivity contribution in [1.29, 1.82) is 0 Å². The Morgan fingerprint density at radius 2 is 1.73 bits per heavy atom. The molecule has 0 saturated heterocycles. The smallest absolute Gasteiger partial charge is 0.296 e. The summed E-state index contributed by atoms with van der Waals surface area (Å²) in [4.78, 5) is 27.1. The Labute approximate surface area is 198 Å². The highest BCUT2D eigenvalue weighted by atomic mass is 79.9. The Balaban J connectivity index is 1.80. The van der Waals surface area contributed by atoms with Crippen LogP contribution >= 0.6 is 15.9 Å². The van der Waals surface area contributed by atoms with Crippen LogP contribution in [0.4, 0.5) is 5.69 Å². The van der Waals surface area contributed by atoms with Crippen LogP contribution in [-0.2, 0) is 7.05 Å². The summed E-state index contributed by atoms with van der Waals surface area (Å²) in [6, 6.07) is 20.8. The van der Waals surface area contributed by atoms with Gasteiger partial charge in [-0.2, -0.15) is 9.78 Å². The minimum absolute atomic E-state index is 0.198. The Bertz CT molecular complexity index is 1610. The van der Waals surface area contributed by atoms with Gasteiger partial charge in [-0.05, 0) is 55.8 Å². The predicted octanol–water partition coefficient (Wildman–Crippen LogP) is 5.51. The van der Waals surface area contributed by atoms with Crippen molar-refractivity contribution in [2.24, 2.45) is 7.05 Å². The molecule has 164 valence electrons. The van der Waals surface area contributed by atoms with Gasteiger partial charge < -0.3 is 9.88 Å². The first kappa shape index (κ1) is 21.2. The van der Waals surface area contributed by atoms with Crippen LogP contribution in [0.25, 0.3) is 27.5 Å². The number of amides is 1. The van der Waals surface area contributed by atoms with E-state index in [-0.39, 0.29) is 17.2 Å². The molecule has 0 saturated carbocycles. The van der Waals surface area contributed by atoms with Crippen molar-refractivity contribution in [2.75, 3.05) is 5.32 Å². The van der Waals surface area contributed by atoms with Crippen LogP contribution in [-0.4, -0.2) is 20.3 Å². The maximum Gasteiger partial charge on any atom is 0.296 e. The second kappa shape index (κ2) is 8.01. The maximum atomic E-state index is 13.6. The first-order valence-electron chi connectivity index (χ1n) is 10.5. The van der Waals surface area contributed by atoms with Gasteiger partial charge in [-0.25, -0.2) is 0 Å². The fourth-order valence-electron chi connectivity index (χ4n) is 4.15. The molecule has 7 heteroatoms. The van der Waals surface area contributed by atoms with Crippen molar-refractivity contribution in [3.8, 4) is 5.69 Å². The van der Waals surface area contributed by atoms with E-state index >= 15 is 0 Å². The Morgan fingerprint density at radius 3 is 2.45 bits per heavy atom. The molecule has 5 aromatic rings. The average Bonchev–Trinajstić information content (AvgIpc) is 3.10. The normalized spacial score (nSPS) is 11.3. The van der Waals surface area contributed by atoms with Gasteiger partial charge in [0.2, 0.25) is 0 Å². The second-order valence-electron chi connectivity index (χ2n) is 8.11. The summed E-state index contributed by atoms with van der Waals surface area (Å²) >= 11 is 3.45. The van der Waals surface area contributed by atoms with Crippen molar-refractivity contribution in [2.45, 2.75) is 13.8 Å². The molecule has 33 heavy (non-hydrogen) atoms. The Morgan fingerprint density at radius 1 is 1.00 bits per heavy atom. The zero-order chi connectivity index (χ0) is 23.3. The summed E-state index contributed by atoms with van der Waals surface area (Å²) in [5.74, 6) is -0.373. The molecule has 2 heterocycles. The molecule has 0 fully saturated rings. The molecule has 2 aromatic heterocycles. The number of nitrogens with one attached hydrogen (secondary N) is 1. The largest absolute Gasteiger partial charge is 0.339 e. The number of anilines is 1. The first-order valence-corrected chi connectivity index (χ1v) is 11.3. The standard InChI is InChI=1S/C26H21BrN4O2/c1-15-8-11-18(12-9-15)31-26(33)24-22(19-6-4-5-7-21(19)30(24)3)23(29-31)25(32)28-20-13-10-17(27)14-16(20)2/h4-14H,1-3H3,(H,28,32). The highest BCUT2D eigenvalue weighted by Gasteiger charge is 2.23. The highest BCUT2D eigenvalue weighted by Crippen LogP contribution is 2.29. The Hall–Kier alpha value is -3.71. The maximum absolute atomic E-state index is 13.6. The molecule has 3 aromatic carbocycles. The number of benzene rings is 3. The third kappa shape index (κ3) is 3.54. The van der Waals surface area contributed by atoms with E-state index in [1.54, 1.807) is 0 Å². The fourth-order valence-corrected chi connectivity index (χ4v) is 4.62. The van der Waals surface area contributed by atoms with Crippen LogP contribution in [0.15, 0.2) is 76.0 Å². The van der Waals surface area contributed by atoms with Crippen molar-refractivity contribution in [1.82, 2.24) is 14.3 Å². The monoisotopic (exact) mass is 500 g/mol. The number of nitrogens with zero attached hydrogens (tertiary/aromatic N) is 3. The summed E-state index contributed by atoms with van der Waals surface area (Å²) in [5, 5.41) is 8.92. The molecule has 0 aliphatic rings. The van der Waals surface area contributed by atoms with Gasteiger partial charge in [0.15, 0.2) is 5.69 Å². The molecule has 0 spiro atoms. The summed E-state index contributed by atoms with van der Waals surface area (Å²) < 4.78 is 4.07. The number of aromatic nitrogens is 3. The summed E-state index contributed by atoms with van der Waals surface area (Å²) in [6.07, 6.45) is 0. The van der Waals surface area contributed by atoms with Gasteiger partial charge in [0, 0.05) is 33.5 Å². The third-order valence-corrected chi connectivity index (χ3v) is 6.36. The molecule has 1 amide bonds. The van der Waals surface area contributed by atoms with Gasteiger partial charge in [0.25, 0.3) is 11.5 Å². The third-order valence-electron chi connectivity index (χ3n) is 5.87. The van der Waals surface area contributed by atoms with Crippen LogP contribution in [0.1, 0.15) is 21.6 Å². The average molecular weight is 501 g/mol. The zero-order valence-electron chi connectivity index (χ0n) is 18.4. The number of carbonyl (C=O) groups is 1. The second-order valence-corrected chi connectivity index (χ2v) is 9.03. The van der Waals surface area contributed by atoms with Crippen LogP contribution in [0.3, 0.4) is 0 Å². The van der Waals surface area contributed by atoms with Crippen molar-refractivity contribution < 1.29 is 4.79 Å². The van der Waals surface area contributed by atoms with Crippen LogP contribution < -0.4 is 10.9 Å². The molecule has 0 aliphatic heterocycles. The lowest BCUT2D eigenvalue weighted by Gasteiger charge is -2.12. The molecule has 0 aliphatic carbocycles. The van der Waals surface area contributed by atoms with E-state index in [4.69, 9.17) is 0 Å². The van der Waals surface area contributed by atoms with Crippen molar-refractivity contribution in [3.63, 3.8) is 0 Å². The van der Waals surface area contributed by atoms with E-state index in [1.807, 2.05) is 92.2 Å². The lowest BCUT2D eigenvalue weighted by Crippen LogP contribution is -2.27. The summed E-state index contributed by atoms with van der Waals surface area (Å²) in [6.45, 7) is 3.90. The number of aryl methyl sites for hydroxylation is 3. The van der Waals surface area contributed by atoms with Gasteiger partial charge in [0.05, 0.1) is 5.69 Å². The lowest BCUT2D eigenvalue weighted by atomic mass is 10.1. The molecule has 1 N–H and O–H groups in total. The number of hydrogen-bond acceptors (Lipinski definition) is 3. The summed E-state index contributed by atoms with van der Waals surface area (Å²) in [5.41, 5.74) is 4.50. The lowest BCUT2D eigenvalue weighted by molar-refractivity contribution is 0.102. The number of carbonyl (C=O) groups excluding carboxylic acids is 1. The van der Waals surface area contributed by atoms with E-state index in [0.29, 0.717) is 22.3 Å². The van der Waals surface area contributed by atoms with E-state index in [2.05, 4.69) is 26.3 Å². The predicted molar refractivity (Wildman–Crippen MR) is 135 cm³/mol. The van der Waals surface area contributed by atoms with Gasteiger partial charge in [-0.3, -0.25) is 9.59 Å². The molecule has 6 nitrogen and oxygen atoms in total. The van der Waals surface area contributed by atoms with E-state index in [0.717, 1.165) is 26.5 Å². The van der Waals surface area contributed by atoms with Crippen LogP contribution in [0, 0.1) is 13.8 Å². The minimum Gasteiger partial charge on any atom is -0.339 e. The van der Waals surface area contributed by atoms with Crippen LogP contribution in [0.5, 0.6) is 0 Å². The van der Waals surface area contributed by atoms with E-state index < -0.39 is 0 Å². The first-order chi connectivity index (χ1) is 15.8. The Kier molecular flexibility index (Phi) is 5.13. The molecule has 0 unspecified atom stereocenters. The number of hydrogen-bond donors (Lipinski definition) is 1.